The molecule has 0 aliphatic carbocycles. The predicted octanol–water partition coefficient (Wildman–Crippen LogP) is 5.24. The number of rotatable bonds is 9. The average Bonchev–Trinajstić information content (AvgIpc) is 3.55. The second-order valence-electron chi connectivity index (χ2n) is 9.64. The summed E-state index contributed by atoms with van der Waals surface area (Å²) in [6.07, 6.45) is -0.921. The normalized spacial score (nSPS) is 16.6. The van der Waals surface area contributed by atoms with Crippen LogP contribution in [0.15, 0.2) is 65.1 Å². The van der Waals surface area contributed by atoms with E-state index in [1.807, 2.05) is 31.2 Å². The molecule has 40 heavy (non-hydrogen) atoms. The zero-order valence-corrected chi connectivity index (χ0v) is 22.5. The van der Waals surface area contributed by atoms with Gasteiger partial charge in [-0.25, -0.2) is 9.18 Å². The molecule has 1 N–H and O–H groups in total. The van der Waals surface area contributed by atoms with Gasteiger partial charge in [0.2, 0.25) is 5.91 Å². The molecule has 1 aliphatic rings. The van der Waals surface area contributed by atoms with E-state index in [9.17, 15) is 14.0 Å². The van der Waals surface area contributed by atoms with Crippen molar-refractivity contribution in [2.45, 2.75) is 32.0 Å². The molecule has 208 valence electrons. The number of para-hydroxylation sites is 1. The molecule has 2 heterocycles. The van der Waals surface area contributed by atoms with E-state index in [1.54, 1.807) is 36.4 Å². The van der Waals surface area contributed by atoms with Crippen LogP contribution in [-0.2, 0) is 16.0 Å². The zero-order chi connectivity index (χ0) is 28.2. The van der Waals surface area contributed by atoms with Crippen LogP contribution in [0, 0.1) is 6.92 Å². The molecule has 0 radical (unpaired) electrons. The molecule has 0 bridgehead atoms. The Morgan fingerprint density at radius 2 is 1.90 bits per heavy atom. The highest BCUT2D eigenvalue weighted by Crippen LogP contribution is 2.32. The van der Waals surface area contributed by atoms with Gasteiger partial charge >= 0.3 is 5.97 Å². The number of hydrogen-bond acceptors (Lipinski definition) is 8. The minimum absolute atomic E-state index is 0.000318. The maximum atomic E-state index is 14.4. The van der Waals surface area contributed by atoms with E-state index >= 15 is 0 Å². The summed E-state index contributed by atoms with van der Waals surface area (Å²) in [5, 5.41) is 3.18. The van der Waals surface area contributed by atoms with Gasteiger partial charge in [0.25, 0.3) is 6.01 Å². The largest absolute Gasteiger partial charge is 0.494 e. The Balaban J connectivity index is 1.28. The van der Waals surface area contributed by atoms with Gasteiger partial charge in [-0.15, -0.1) is 0 Å². The number of aryl methyl sites for hydroxylation is 1. The van der Waals surface area contributed by atoms with Crippen molar-refractivity contribution in [2.24, 2.45) is 0 Å². The zero-order valence-electron chi connectivity index (χ0n) is 22.5. The predicted molar refractivity (Wildman–Crippen MR) is 147 cm³/mol. The molecule has 10 heteroatoms. The quantitative estimate of drug-likeness (QED) is 0.284. The third kappa shape index (κ3) is 5.85. The summed E-state index contributed by atoms with van der Waals surface area (Å²) >= 11 is 0. The lowest BCUT2D eigenvalue weighted by Crippen LogP contribution is -2.40. The molecule has 5 rings (SSSR count). The van der Waals surface area contributed by atoms with Gasteiger partial charge in [0.1, 0.15) is 24.3 Å². The van der Waals surface area contributed by atoms with Crippen molar-refractivity contribution >= 4 is 34.7 Å². The van der Waals surface area contributed by atoms with Gasteiger partial charge in [-0.1, -0.05) is 18.2 Å². The highest BCUT2D eigenvalue weighted by molar-refractivity contribution is 5.89. The Bertz CT molecular complexity index is 1520. The van der Waals surface area contributed by atoms with Crippen molar-refractivity contribution in [3.05, 3.63) is 77.4 Å². The van der Waals surface area contributed by atoms with E-state index in [0.29, 0.717) is 39.7 Å². The number of anilines is 2. The number of amides is 1. The molecule has 1 saturated heterocycles. The van der Waals surface area contributed by atoms with Crippen molar-refractivity contribution < 1.29 is 32.6 Å². The van der Waals surface area contributed by atoms with Gasteiger partial charge in [0, 0.05) is 12.1 Å². The minimum Gasteiger partial charge on any atom is -0.494 e. The number of methoxy groups -OCH3 is 2. The lowest BCUT2D eigenvalue weighted by Gasteiger charge is -2.24. The van der Waals surface area contributed by atoms with E-state index in [-0.39, 0.29) is 31.9 Å². The number of alkyl halides is 1. The number of oxazole rings is 1. The van der Waals surface area contributed by atoms with Crippen LogP contribution >= 0.6 is 0 Å². The van der Waals surface area contributed by atoms with Gasteiger partial charge in [0.15, 0.2) is 11.1 Å². The van der Waals surface area contributed by atoms with Crippen LogP contribution < -0.4 is 14.8 Å². The second kappa shape index (κ2) is 11.6. The van der Waals surface area contributed by atoms with Crippen LogP contribution in [-0.4, -0.2) is 61.3 Å². The number of ether oxygens (including phenoxy) is 3. The molecule has 0 saturated carbocycles. The maximum Gasteiger partial charge on any atom is 0.337 e. The summed E-state index contributed by atoms with van der Waals surface area (Å²) in [6.45, 7) is 2.11. The Hall–Kier alpha value is -4.60. The first-order valence-corrected chi connectivity index (χ1v) is 12.9. The SMILES string of the molecule is COC(=O)c1ccc(OC[C@@H]2C[C@H](F)CN2C(=O)Cc2cc(OC)c3nc(Nc4ccccc4C)oc3c2)cc1. The lowest BCUT2D eigenvalue weighted by molar-refractivity contribution is -0.132. The number of nitrogens with zero attached hydrogens (tertiary/aromatic N) is 2. The molecule has 0 spiro atoms. The Labute approximate surface area is 230 Å². The summed E-state index contributed by atoms with van der Waals surface area (Å²) < 4.78 is 36.4. The van der Waals surface area contributed by atoms with E-state index in [2.05, 4.69) is 10.3 Å². The fourth-order valence-corrected chi connectivity index (χ4v) is 4.79. The summed E-state index contributed by atoms with van der Waals surface area (Å²) in [6, 6.07) is 17.6. The van der Waals surface area contributed by atoms with E-state index in [1.165, 1.54) is 19.1 Å². The summed E-state index contributed by atoms with van der Waals surface area (Å²) in [4.78, 5) is 31.0. The summed E-state index contributed by atoms with van der Waals surface area (Å²) in [7, 11) is 2.84. The van der Waals surface area contributed by atoms with Gasteiger partial charge in [-0.05, 0) is 60.5 Å². The van der Waals surface area contributed by atoms with Gasteiger partial charge < -0.3 is 28.8 Å². The summed E-state index contributed by atoms with van der Waals surface area (Å²) in [5.74, 6) is 0.312. The smallest absolute Gasteiger partial charge is 0.337 e. The van der Waals surface area contributed by atoms with Gasteiger partial charge in [-0.3, -0.25) is 4.79 Å². The van der Waals surface area contributed by atoms with E-state index in [4.69, 9.17) is 18.6 Å². The van der Waals surface area contributed by atoms with Crippen LogP contribution in [0.5, 0.6) is 11.5 Å². The number of aromatic nitrogens is 1. The van der Waals surface area contributed by atoms with Crippen molar-refractivity contribution in [1.82, 2.24) is 9.88 Å². The third-order valence-electron chi connectivity index (χ3n) is 6.88. The van der Waals surface area contributed by atoms with Crippen molar-refractivity contribution in [2.75, 3.05) is 32.7 Å². The molecule has 1 aromatic heterocycles. The van der Waals surface area contributed by atoms with Gasteiger partial charge in [-0.2, -0.15) is 4.98 Å². The molecular weight excluding hydrogens is 517 g/mol. The molecule has 4 aromatic rings. The first-order chi connectivity index (χ1) is 19.3. The number of carbonyl (C=O) groups is 2. The van der Waals surface area contributed by atoms with Crippen LogP contribution in [0.2, 0.25) is 0 Å². The number of hydrogen-bond donors (Lipinski definition) is 1. The standard InChI is InChI=1S/C30H30FN3O6/c1-18-6-4-5-7-24(18)32-30-33-28-25(37-2)12-19(13-26(28)40-30)14-27(35)34-16-21(31)15-22(34)17-39-23-10-8-20(9-11-23)29(36)38-3/h4-13,21-22H,14-17H2,1-3H3,(H,32,33)/t21-,22-/m0/s1. The van der Waals surface area contributed by atoms with E-state index < -0.39 is 18.2 Å². The Morgan fingerprint density at radius 1 is 1.12 bits per heavy atom. The molecule has 1 amide bonds. The minimum atomic E-state index is -1.14. The topological polar surface area (TPSA) is 103 Å². The first-order valence-electron chi connectivity index (χ1n) is 12.9. The monoisotopic (exact) mass is 547 g/mol. The molecule has 3 aromatic carbocycles. The molecule has 1 aliphatic heterocycles. The number of carbonyl (C=O) groups excluding carboxylic acids is 2. The molecule has 0 unspecified atom stereocenters. The summed E-state index contributed by atoms with van der Waals surface area (Å²) in [5.41, 5.74) is 3.96. The van der Waals surface area contributed by atoms with Crippen LogP contribution in [0.1, 0.15) is 27.9 Å². The second-order valence-corrected chi connectivity index (χ2v) is 9.64. The lowest BCUT2D eigenvalue weighted by atomic mass is 10.1. The van der Waals surface area contributed by atoms with Crippen LogP contribution in [0.25, 0.3) is 11.1 Å². The Morgan fingerprint density at radius 3 is 2.62 bits per heavy atom. The van der Waals surface area contributed by atoms with Crippen molar-refractivity contribution in [3.63, 3.8) is 0 Å². The molecule has 2 atom stereocenters. The van der Waals surface area contributed by atoms with Gasteiger partial charge in [0.05, 0.1) is 38.8 Å². The first kappa shape index (κ1) is 27.0. The number of nitrogens with one attached hydrogen (secondary N) is 1. The Kier molecular flexibility index (Phi) is 7.86. The van der Waals surface area contributed by atoms with E-state index in [0.717, 1.165) is 11.3 Å². The van der Waals surface area contributed by atoms with Crippen LogP contribution in [0.4, 0.5) is 16.1 Å². The fourth-order valence-electron chi connectivity index (χ4n) is 4.79. The number of benzene rings is 3. The number of fused-ring (bicyclic) bond motifs is 1. The van der Waals surface area contributed by atoms with Crippen molar-refractivity contribution in [1.29, 1.82) is 0 Å². The number of likely N-dealkylation sites (tertiary alicyclic amines) is 1. The maximum absolute atomic E-state index is 14.4. The molecule has 1 fully saturated rings. The third-order valence-corrected chi connectivity index (χ3v) is 6.88. The van der Waals surface area contributed by atoms with Crippen molar-refractivity contribution in [3.8, 4) is 11.5 Å². The number of halogens is 1. The highest BCUT2D eigenvalue weighted by atomic mass is 19.1. The molecule has 9 nitrogen and oxygen atoms in total. The van der Waals surface area contributed by atoms with Crippen LogP contribution in [0.3, 0.4) is 0 Å². The molecular formula is C30H30FN3O6. The average molecular weight is 548 g/mol. The fraction of sp³-hybridized carbons (Fsp3) is 0.300. The highest BCUT2D eigenvalue weighted by Gasteiger charge is 2.36. The number of esters is 1.